The summed E-state index contributed by atoms with van der Waals surface area (Å²) in [6.07, 6.45) is 7.81. The van der Waals surface area contributed by atoms with E-state index in [-0.39, 0.29) is 16.9 Å². The van der Waals surface area contributed by atoms with Crippen LogP contribution in [-0.4, -0.2) is 36.5 Å². The predicted molar refractivity (Wildman–Crippen MR) is 75.7 cm³/mol. The summed E-state index contributed by atoms with van der Waals surface area (Å²) < 4.78 is 28.6. The molecule has 1 aromatic heterocycles. The molecule has 0 unspecified atom stereocenters. The van der Waals surface area contributed by atoms with Gasteiger partial charge in [-0.05, 0) is 31.1 Å². The minimum atomic E-state index is -3.47. The number of aryl methyl sites for hydroxylation is 1. The van der Waals surface area contributed by atoms with Gasteiger partial charge in [0.05, 0.1) is 6.20 Å². The van der Waals surface area contributed by atoms with Crippen molar-refractivity contribution in [2.75, 3.05) is 13.2 Å². The molecule has 1 aliphatic rings. The number of aromatic nitrogens is 2. The minimum absolute atomic E-state index is 0.0692. The van der Waals surface area contributed by atoms with Crippen LogP contribution in [0.1, 0.15) is 39.0 Å². The number of nitrogens with zero attached hydrogens (tertiary/aromatic N) is 2. The van der Waals surface area contributed by atoms with E-state index in [9.17, 15) is 8.42 Å². The van der Waals surface area contributed by atoms with Gasteiger partial charge in [-0.1, -0.05) is 13.3 Å². The third-order valence-corrected chi connectivity index (χ3v) is 5.20. The number of aliphatic hydroxyl groups excluding tert-OH is 1. The molecule has 1 saturated carbocycles. The SMILES string of the molecule is CCCC1(CNS(=O)(=O)c2cnn(CCCO)c2)CC1. The molecule has 0 saturated heterocycles. The molecular weight excluding hydrogens is 278 g/mol. The van der Waals surface area contributed by atoms with Gasteiger partial charge in [0.1, 0.15) is 4.90 Å². The molecule has 20 heavy (non-hydrogen) atoms. The molecule has 0 amide bonds. The average Bonchev–Trinajstić information content (AvgIpc) is 3.01. The zero-order chi connectivity index (χ0) is 14.6. The Bertz CT molecular complexity index is 535. The highest BCUT2D eigenvalue weighted by atomic mass is 32.2. The highest BCUT2D eigenvalue weighted by Gasteiger charge is 2.42. The molecule has 0 atom stereocenters. The molecule has 1 aromatic rings. The molecule has 1 fully saturated rings. The van der Waals surface area contributed by atoms with E-state index in [1.807, 2.05) is 0 Å². The van der Waals surface area contributed by atoms with Gasteiger partial charge in [-0.25, -0.2) is 13.1 Å². The molecule has 0 spiro atoms. The fourth-order valence-corrected chi connectivity index (χ4v) is 3.50. The van der Waals surface area contributed by atoms with E-state index < -0.39 is 10.0 Å². The molecule has 0 aromatic carbocycles. The Kier molecular flexibility index (Phi) is 4.82. The zero-order valence-electron chi connectivity index (χ0n) is 11.9. The maximum atomic E-state index is 12.2. The number of aliphatic hydroxyl groups is 1. The molecule has 7 heteroatoms. The monoisotopic (exact) mass is 301 g/mol. The average molecular weight is 301 g/mol. The van der Waals surface area contributed by atoms with Crippen LogP contribution in [0.5, 0.6) is 0 Å². The van der Waals surface area contributed by atoms with Crippen molar-refractivity contribution in [3.63, 3.8) is 0 Å². The molecule has 1 aliphatic carbocycles. The van der Waals surface area contributed by atoms with E-state index in [1.165, 1.54) is 12.4 Å². The maximum Gasteiger partial charge on any atom is 0.243 e. The van der Waals surface area contributed by atoms with Gasteiger partial charge < -0.3 is 5.11 Å². The van der Waals surface area contributed by atoms with Crippen molar-refractivity contribution >= 4 is 10.0 Å². The standard InChI is InChI=1S/C13H23N3O3S/c1-2-4-13(5-6-13)11-15-20(18,19)12-9-14-16(10-12)7-3-8-17/h9-10,15,17H,2-8,11H2,1H3. The summed E-state index contributed by atoms with van der Waals surface area (Å²) in [6.45, 7) is 3.23. The lowest BCUT2D eigenvalue weighted by Gasteiger charge is -2.14. The van der Waals surface area contributed by atoms with Crippen molar-refractivity contribution in [2.45, 2.75) is 50.5 Å². The summed E-state index contributed by atoms with van der Waals surface area (Å²) >= 11 is 0. The summed E-state index contributed by atoms with van der Waals surface area (Å²) in [5.74, 6) is 0. The lowest BCUT2D eigenvalue weighted by Crippen LogP contribution is -2.30. The number of hydrogen-bond donors (Lipinski definition) is 2. The number of hydrogen-bond acceptors (Lipinski definition) is 4. The van der Waals surface area contributed by atoms with Crippen molar-refractivity contribution in [3.8, 4) is 0 Å². The van der Waals surface area contributed by atoms with E-state index in [1.54, 1.807) is 4.68 Å². The third-order valence-electron chi connectivity index (χ3n) is 3.84. The highest BCUT2D eigenvalue weighted by molar-refractivity contribution is 7.89. The first-order chi connectivity index (χ1) is 9.51. The van der Waals surface area contributed by atoms with Crippen molar-refractivity contribution in [1.82, 2.24) is 14.5 Å². The largest absolute Gasteiger partial charge is 0.396 e. The molecule has 0 aliphatic heterocycles. The van der Waals surface area contributed by atoms with Crippen molar-refractivity contribution in [3.05, 3.63) is 12.4 Å². The van der Waals surface area contributed by atoms with E-state index in [0.717, 1.165) is 25.7 Å². The normalized spacial score (nSPS) is 17.3. The van der Waals surface area contributed by atoms with E-state index in [4.69, 9.17) is 5.11 Å². The van der Waals surface area contributed by atoms with Crippen LogP contribution in [0.3, 0.4) is 0 Å². The van der Waals surface area contributed by atoms with Gasteiger partial charge in [0.15, 0.2) is 0 Å². The summed E-state index contributed by atoms with van der Waals surface area (Å²) in [5.41, 5.74) is 0.189. The molecule has 0 radical (unpaired) electrons. The molecule has 2 rings (SSSR count). The molecule has 2 N–H and O–H groups in total. The van der Waals surface area contributed by atoms with Crippen LogP contribution in [0.25, 0.3) is 0 Å². The number of sulfonamides is 1. The maximum absolute atomic E-state index is 12.2. The second kappa shape index (κ2) is 6.24. The van der Waals surface area contributed by atoms with Gasteiger partial charge in [-0.2, -0.15) is 5.10 Å². The fraction of sp³-hybridized carbons (Fsp3) is 0.769. The van der Waals surface area contributed by atoms with Gasteiger partial charge in [0, 0.05) is 25.9 Å². The Hall–Kier alpha value is -0.920. The molecule has 1 heterocycles. The summed E-state index contributed by atoms with van der Waals surface area (Å²) in [6, 6.07) is 0. The van der Waals surface area contributed by atoms with E-state index in [0.29, 0.717) is 19.5 Å². The van der Waals surface area contributed by atoms with Crippen LogP contribution < -0.4 is 4.72 Å². The van der Waals surface area contributed by atoms with Crippen LogP contribution in [0.15, 0.2) is 17.3 Å². The first kappa shape index (κ1) is 15.5. The van der Waals surface area contributed by atoms with Crippen molar-refractivity contribution in [1.29, 1.82) is 0 Å². The highest BCUT2D eigenvalue weighted by Crippen LogP contribution is 2.49. The topological polar surface area (TPSA) is 84.2 Å². The number of nitrogens with one attached hydrogen (secondary N) is 1. The van der Waals surface area contributed by atoms with Crippen molar-refractivity contribution < 1.29 is 13.5 Å². The Morgan fingerprint density at radius 1 is 1.50 bits per heavy atom. The zero-order valence-corrected chi connectivity index (χ0v) is 12.7. The molecular formula is C13H23N3O3S. The first-order valence-electron chi connectivity index (χ1n) is 7.14. The van der Waals surface area contributed by atoms with Gasteiger partial charge in [-0.15, -0.1) is 0 Å². The Morgan fingerprint density at radius 3 is 2.85 bits per heavy atom. The summed E-state index contributed by atoms with van der Waals surface area (Å²) in [7, 11) is -3.47. The smallest absolute Gasteiger partial charge is 0.243 e. The lowest BCUT2D eigenvalue weighted by molar-refractivity contribution is 0.277. The van der Waals surface area contributed by atoms with Crippen LogP contribution in [0, 0.1) is 5.41 Å². The second-order valence-electron chi connectivity index (χ2n) is 5.59. The van der Waals surface area contributed by atoms with Crippen LogP contribution in [0.4, 0.5) is 0 Å². The Morgan fingerprint density at radius 2 is 2.25 bits per heavy atom. The van der Waals surface area contributed by atoms with Gasteiger partial charge in [0.25, 0.3) is 0 Å². The van der Waals surface area contributed by atoms with Gasteiger partial charge in [0.2, 0.25) is 10.0 Å². The van der Waals surface area contributed by atoms with E-state index in [2.05, 4.69) is 16.7 Å². The Balaban J connectivity index is 1.94. The van der Waals surface area contributed by atoms with Gasteiger partial charge in [-0.3, -0.25) is 4.68 Å². The van der Waals surface area contributed by atoms with Crippen molar-refractivity contribution in [2.24, 2.45) is 5.41 Å². The van der Waals surface area contributed by atoms with E-state index >= 15 is 0 Å². The van der Waals surface area contributed by atoms with Crippen LogP contribution in [-0.2, 0) is 16.6 Å². The number of rotatable bonds is 9. The quantitative estimate of drug-likeness (QED) is 0.716. The third kappa shape index (κ3) is 3.80. The minimum Gasteiger partial charge on any atom is -0.396 e. The fourth-order valence-electron chi connectivity index (χ4n) is 2.39. The second-order valence-corrected chi connectivity index (χ2v) is 7.36. The predicted octanol–water partition coefficient (Wildman–Crippen LogP) is 1.12. The molecule has 114 valence electrons. The Labute approximate surface area is 120 Å². The lowest BCUT2D eigenvalue weighted by atomic mass is 10.0. The van der Waals surface area contributed by atoms with Gasteiger partial charge >= 0.3 is 0 Å². The van der Waals surface area contributed by atoms with Crippen LogP contribution >= 0.6 is 0 Å². The summed E-state index contributed by atoms with van der Waals surface area (Å²) in [4.78, 5) is 0.197. The molecule has 0 bridgehead atoms. The first-order valence-corrected chi connectivity index (χ1v) is 8.63. The summed E-state index contributed by atoms with van der Waals surface area (Å²) in [5, 5.41) is 12.8. The molecule has 6 nitrogen and oxygen atoms in total. The van der Waals surface area contributed by atoms with Crippen LogP contribution in [0.2, 0.25) is 0 Å².